The molecule has 0 radical (unpaired) electrons. The fraction of sp³-hybridized carbons (Fsp3) is 0.818. The van der Waals surface area contributed by atoms with Gasteiger partial charge in [0.2, 0.25) is 11.8 Å². The van der Waals surface area contributed by atoms with E-state index < -0.39 is 0 Å². The molecule has 1 saturated heterocycles. The van der Waals surface area contributed by atoms with Crippen molar-refractivity contribution in [3.05, 3.63) is 0 Å². The second kappa shape index (κ2) is 3.83. The van der Waals surface area contributed by atoms with E-state index in [9.17, 15) is 9.59 Å². The first kappa shape index (κ1) is 10.5. The first-order valence-electron chi connectivity index (χ1n) is 5.79. The van der Waals surface area contributed by atoms with Gasteiger partial charge in [-0.2, -0.15) is 0 Å². The standard InChI is InChI=1S/C11H18N2O2/c1-3-8-11(15)13(4-2)9(7-5-6-7)10(14)12-8/h7-9H,3-6H2,1-2H3,(H,12,14). The minimum absolute atomic E-state index is 0.0470. The van der Waals surface area contributed by atoms with Crippen molar-refractivity contribution in [2.45, 2.75) is 45.2 Å². The number of hydrogen-bond acceptors (Lipinski definition) is 2. The summed E-state index contributed by atoms with van der Waals surface area (Å²) in [5.74, 6) is 0.550. The summed E-state index contributed by atoms with van der Waals surface area (Å²) in [6, 6.07) is -0.488. The van der Waals surface area contributed by atoms with Gasteiger partial charge >= 0.3 is 0 Å². The van der Waals surface area contributed by atoms with Gasteiger partial charge < -0.3 is 10.2 Å². The summed E-state index contributed by atoms with van der Waals surface area (Å²) in [6.07, 6.45) is 2.84. The van der Waals surface area contributed by atoms with E-state index >= 15 is 0 Å². The Morgan fingerprint density at radius 1 is 1.33 bits per heavy atom. The Morgan fingerprint density at radius 2 is 2.00 bits per heavy atom. The lowest BCUT2D eigenvalue weighted by Gasteiger charge is -2.38. The van der Waals surface area contributed by atoms with Gasteiger partial charge in [0.05, 0.1) is 0 Å². The highest BCUT2D eigenvalue weighted by Gasteiger charge is 2.46. The number of nitrogens with zero attached hydrogens (tertiary/aromatic N) is 1. The summed E-state index contributed by atoms with van der Waals surface area (Å²) >= 11 is 0. The third kappa shape index (κ3) is 1.73. The molecule has 2 atom stereocenters. The lowest BCUT2D eigenvalue weighted by Crippen LogP contribution is -2.63. The highest BCUT2D eigenvalue weighted by atomic mass is 16.2. The summed E-state index contributed by atoms with van der Waals surface area (Å²) < 4.78 is 0. The minimum atomic E-state index is -0.299. The second-order valence-electron chi connectivity index (χ2n) is 4.38. The topological polar surface area (TPSA) is 49.4 Å². The lowest BCUT2D eigenvalue weighted by molar-refractivity contribution is -0.150. The molecule has 84 valence electrons. The smallest absolute Gasteiger partial charge is 0.245 e. The molecule has 0 aromatic heterocycles. The Hall–Kier alpha value is -1.06. The van der Waals surface area contributed by atoms with Crippen LogP contribution in [0.1, 0.15) is 33.1 Å². The van der Waals surface area contributed by atoms with Gasteiger partial charge in [-0.1, -0.05) is 6.92 Å². The Kier molecular flexibility index (Phi) is 2.67. The van der Waals surface area contributed by atoms with Crippen molar-refractivity contribution in [3.63, 3.8) is 0 Å². The molecule has 4 nitrogen and oxygen atoms in total. The van der Waals surface area contributed by atoms with Gasteiger partial charge in [0, 0.05) is 6.54 Å². The predicted molar refractivity (Wildman–Crippen MR) is 56.1 cm³/mol. The van der Waals surface area contributed by atoms with Crippen molar-refractivity contribution >= 4 is 11.8 Å². The van der Waals surface area contributed by atoms with Crippen LogP contribution in [0.5, 0.6) is 0 Å². The summed E-state index contributed by atoms with van der Waals surface area (Å²) in [5.41, 5.74) is 0. The fourth-order valence-corrected chi connectivity index (χ4v) is 2.31. The molecule has 1 saturated carbocycles. The van der Waals surface area contributed by atoms with E-state index in [0.717, 1.165) is 12.8 Å². The number of piperazine rings is 1. The van der Waals surface area contributed by atoms with Crippen molar-refractivity contribution in [2.24, 2.45) is 5.92 Å². The van der Waals surface area contributed by atoms with Crippen LogP contribution in [0.25, 0.3) is 0 Å². The molecule has 1 heterocycles. The lowest BCUT2D eigenvalue weighted by atomic mass is 10.0. The summed E-state index contributed by atoms with van der Waals surface area (Å²) in [4.78, 5) is 25.6. The highest BCUT2D eigenvalue weighted by molar-refractivity contribution is 5.97. The molecule has 1 aliphatic carbocycles. The van der Waals surface area contributed by atoms with Gasteiger partial charge in [0.1, 0.15) is 12.1 Å². The molecule has 0 bridgehead atoms. The normalized spacial score (nSPS) is 31.7. The maximum atomic E-state index is 12.0. The van der Waals surface area contributed by atoms with Crippen molar-refractivity contribution in [2.75, 3.05) is 6.54 Å². The van der Waals surface area contributed by atoms with Crippen molar-refractivity contribution in [1.29, 1.82) is 0 Å². The zero-order chi connectivity index (χ0) is 11.0. The number of carbonyl (C=O) groups is 2. The Morgan fingerprint density at radius 3 is 2.47 bits per heavy atom. The van der Waals surface area contributed by atoms with E-state index in [1.165, 1.54) is 0 Å². The number of likely N-dealkylation sites (N-methyl/N-ethyl adjacent to an activating group) is 1. The van der Waals surface area contributed by atoms with Crippen LogP contribution in [0, 0.1) is 5.92 Å². The van der Waals surface area contributed by atoms with E-state index in [0.29, 0.717) is 18.9 Å². The number of nitrogens with one attached hydrogen (secondary N) is 1. The van der Waals surface area contributed by atoms with Gasteiger partial charge in [-0.25, -0.2) is 0 Å². The zero-order valence-corrected chi connectivity index (χ0v) is 9.32. The Labute approximate surface area is 90.0 Å². The maximum absolute atomic E-state index is 12.0. The molecule has 2 unspecified atom stereocenters. The van der Waals surface area contributed by atoms with E-state index in [2.05, 4.69) is 5.32 Å². The van der Waals surface area contributed by atoms with Crippen LogP contribution in [0.3, 0.4) is 0 Å². The Bertz CT molecular complexity index is 286. The average Bonchev–Trinajstić information content (AvgIpc) is 3.03. The van der Waals surface area contributed by atoms with Crippen LogP contribution in [-0.2, 0) is 9.59 Å². The summed E-state index contributed by atoms with van der Waals surface area (Å²) in [5, 5.41) is 2.82. The van der Waals surface area contributed by atoms with Crippen LogP contribution in [0.2, 0.25) is 0 Å². The van der Waals surface area contributed by atoms with Crippen LogP contribution in [0.4, 0.5) is 0 Å². The second-order valence-corrected chi connectivity index (χ2v) is 4.38. The van der Waals surface area contributed by atoms with Gasteiger partial charge in [0.25, 0.3) is 0 Å². The van der Waals surface area contributed by atoms with Crippen molar-refractivity contribution in [1.82, 2.24) is 10.2 Å². The van der Waals surface area contributed by atoms with Crippen LogP contribution in [0.15, 0.2) is 0 Å². The molecule has 0 spiro atoms. The molecule has 2 fully saturated rings. The summed E-state index contributed by atoms with van der Waals surface area (Å²) in [7, 11) is 0. The zero-order valence-electron chi connectivity index (χ0n) is 9.32. The van der Waals surface area contributed by atoms with Gasteiger partial charge in [-0.05, 0) is 32.1 Å². The average molecular weight is 210 g/mol. The predicted octanol–water partition coefficient (Wildman–Crippen LogP) is 0.522. The van der Waals surface area contributed by atoms with Crippen molar-refractivity contribution < 1.29 is 9.59 Å². The van der Waals surface area contributed by atoms with Gasteiger partial charge in [-0.3, -0.25) is 9.59 Å². The molecule has 2 aliphatic rings. The highest BCUT2D eigenvalue weighted by Crippen LogP contribution is 2.36. The third-order valence-electron chi connectivity index (χ3n) is 3.32. The maximum Gasteiger partial charge on any atom is 0.245 e. The quantitative estimate of drug-likeness (QED) is 0.738. The summed E-state index contributed by atoms with van der Waals surface area (Å²) in [6.45, 7) is 4.51. The first-order valence-corrected chi connectivity index (χ1v) is 5.79. The molecule has 1 aliphatic heterocycles. The van der Waals surface area contributed by atoms with Crippen LogP contribution in [-0.4, -0.2) is 35.3 Å². The fourth-order valence-electron chi connectivity index (χ4n) is 2.31. The molecule has 0 aromatic rings. The molecule has 4 heteroatoms. The Balaban J connectivity index is 2.18. The number of hydrogen-bond donors (Lipinski definition) is 1. The SMILES string of the molecule is CCC1NC(=O)C(C2CC2)N(CC)C1=O. The van der Waals surface area contributed by atoms with E-state index in [-0.39, 0.29) is 23.9 Å². The number of carbonyl (C=O) groups excluding carboxylic acids is 2. The number of amides is 2. The first-order chi connectivity index (χ1) is 7.19. The molecule has 2 rings (SSSR count). The van der Waals surface area contributed by atoms with Gasteiger partial charge in [-0.15, -0.1) is 0 Å². The minimum Gasteiger partial charge on any atom is -0.343 e. The third-order valence-corrected chi connectivity index (χ3v) is 3.32. The monoisotopic (exact) mass is 210 g/mol. The van der Waals surface area contributed by atoms with E-state index in [1.54, 1.807) is 4.90 Å². The number of rotatable bonds is 3. The molecular weight excluding hydrogens is 192 g/mol. The van der Waals surface area contributed by atoms with Crippen molar-refractivity contribution in [3.8, 4) is 0 Å². The van der Waals surface area contributed by atoms with Gasteiger partial charge in [0.15, 0.2) is 0 Å². The van der Waals surface area contributed by atoms with Crippen LogP contribution >= 0.6 is 0 Å². The molecular formula is C11H18N2O2. The molecule has 2 amide bonds. The largest absolute Gasteiger partial charge is 0.343 e. The molecule has 1 N–H and O–H groups in total. The van der Waals surface area contributed by atoms with E-state index in [4.69, 9.17) is 0 Å². The molecule has 0 aromatic carbocycles. The van der Waals surface area contributed by atoms with E-state index in [1.807, 2.05) is 13.8 Å². The molecule has 15 heavy (non-hydrogen) atoms. The van der Waals surface area contributed by atoms with Crippen LogP contribution < -0.4 is 5.32 Å².